The van der Waals surface area contributed by atoms with Crippen LogP contribution in [0.1, 0.15) is 67.2 Å². The van der Waals surface area contributed by atoms with Gasteiger partial charge < -0.3 is 4.43 Å². The summed E-state index contributed by atoms with van der Waals surface area (Å²) in [6.45, 7) is 22.3. The molecule has 0 amide bonds. The van der Waals surface area contributed by atoms with E-state index in [9.17, 15) is 0 Å². The summed E-state index contributed by atoms with van der Waals surface area (Å²) in [5.41, 5.74) is 2.47. The second kappa shape index (κ2) is 7.50. The van der Waals surface area contributed by atoms with Gasteiger partial charge in [-0.2, -0.15) is 0 Å². The second-order valence-corrected chi connectivity index (χ2v) is 14.7. The zero-order chi connectivity index (χ0) is 20.5. The molecule has 0 heterocycles. The van der Waals surface area contributed by atoms with Crippen LogP contribution in [-0.4, -0.2) is 13.9 Å². The van der Waals surface area contributed by atoms with Crippen molar-refractivity contribution in [3.05, 3.63) is 35.5 Å². The van der Waals surface area contributed by atoms with Crippen molar-refractivity contribution in [3.8, 4) is 23.7 Å². The molecule has 27 heavy (non-hydrogen) atoms. The van der Waals surface area contributed by atoms with Gasteiger partial charge in [0.15, 0.2) is 8.32 Å². The van der Waals surface area contributed by atoms with Crippen LogP contribution in [0.3, 0.4) is 0 Å². The van der Waals surface area contributed by atoms with E-state index in [0.717, 1.165) is 42.4 Å². The van der Waals surface area contributed by atoms with E-state index in [1.54, 1.807) is 0 Å². The first-order valence-electron chi connectivity index (χ1n) is 10.1. The Kier molecular flexibility index (Phi) is 6.06. The van der Waals surface area contributed by atoms with Gasteiger partial charge in [0.05, 0.1) is 0 Å². The molecule has 1 atom stereocenters. The number of hydrogen-bond donors (Lipinski definition) is 0. The molecule has 2 aliphatic carbocycles. The maximum absolute atomic E-state index is 7.10. The Morgan fingerprint density at radius 2 is 1.74 bits per heavy atom. The molecule has 2 rings (SSSR count). The quantitative estimate of drug-likeness (QED) is 0.378. The van der Waals surface area contributed by atoms with E-state index >= 15 is 0 Å². The lowest BCUT2D eigenvalue weighted by atomic mass is 9.64. The lowest BCUT2D eigenvalue weighted by Gasteiger charge is -2.52. The SMILES string of the molecule is C=C1C#CC2(O[Si](C)(C)C(C)(C)C)CCC=C(C#C/C(C)=C/CC1)C2(C)C. The Balaban J connectivity index is 2.65. The molecule has 2 bridgehead atoms. The van der Waals surface area contributed by atoms with Gasteiger partial charge in [0, 0.05) is 11.0 Å². The molecule has 146 valence electrons. The van der Waals surface area contributed by atoms with E-state index in [1.807, 2.05) is 0 Å². The van der Waals surface area contributed by atoms with E-state index in [2.05, 4.69) is 97.0 Å². The molecular formula is C25H36OSi. The first kappa shape index (κ1) is 21.8. The van der Waals surface area contributed by atoms with Crippen molar-refractivity contribution in [2.75, 3.05) is 0 Å². The molecular weight excluding hydrogens is 344 g/mol. The third-order valence-electron chi connectivity index (χ3n) is 6.50. The minimum atomic E-state index is -2.01. The number of allylic oxidation sites excluding steroid dienone is 4. The van der Waals surface area contributed by atoms with Crippen molar-refractivity contribution in [2.24, 2.45) is 5.41 Å². The highest BCUT2D eigenvalue weighted by atomic mass is 28.4. The van der Waals surface area contributed by atoms with Gasteiger partial charge in [0.25, 0.3) is 0 Å². The fraction of sp³-hybridized carbons (Fsp3) is 0.600. The van der Waals surface area contributed by atoms with Crippen LogP contribution in [0.15, 0.2) is 35.5 Å². The lowest BCUT2D eigenvalue weighted by Crippen LogP contribution is -2.57. The molecule has 0 saturated carbocycles. The van der Waals surface area contributed by atoms with Gasteiger partial charge in [0.2, 0.25) is 0 Å². The molecule has 1 unspecified atom stereocenters. The maximum Gasteiger partial charge on any atom is 0.194 e. The Bertz CT molecular complexity index is 793. The Morgan fingerprint density at radius 3 is 2.37 bits per heavy atom. The summed E-state index contributed by atoms with van der Waals surface area (Å²) in [5.74, 6) is 13.8. The third kappa shape index (κ3) is 4.51. The molecule has 0 aliphatic heterocycles. The van der Waals surface area contributed by atoms with Crippen molar-refractivity contribution in [3.63, 3.8) is 0 Å². The van der Waals surface area contributed by atoms with E-state index in [1.165, 1.54) is 0 Å². The Labute approximate surface area is 168 Å². The lowest BCUT2D eigenvalue weighted by molar-refractivity contribution is 0.00757. The van der Waals surface area contributed by atoms with Crippen LogP contribution in [-0.2, 0) is 4.43 Å². The zero-order valence-electron chi connectivity index (χ0n) is 18.6. The van der Waals surface area contributed by atoms with Crippen LogP contribution >= 0.6 is 0 Å². The highest BCUT2D eigenvalue weighted by Crippen LogP contribution is 2.51. The summed E-state index contributed by atoms with van der Waals surface area (Å²) in [7, 11) is -2.01. The summed E-state index contributed by atoms with van der Waals surface area (Å²) >= 11 is 0. The molecule has 0 aromatic heterocycles. The van der Waals surface area contributed by atoms with Gasteiger partial charge in [-0.25, -0.2) is 0 Å². The fourth-order valence-electron chi connectivity index (χ4n) is 3.36. The van der Waals surface area contributed by atoms with Crippen molar-refractivity contribution in [1.29, 1.82) is 0 Å². The molecule has 0 spiro atoms. The highest BCUT2D eigenvalue weighted by molar-refractivity contribution is 6.74. The van der Waals surface area contributed by atoms with E-state index in [4.69, 9.17) is 4.43 Å². The standard InChI is InChI=1S/C25H36OSi/c1-20-12-10-13-21(2)17-19-25(26-27(8,9)23(3,4)5)18-11-14-22(16-15-20)24(25,6)7/h12,14H,2,10-11,13,18H2,1,3-9H3/b20-12+. The summed E-state index contributed by atoms with van der Waals surface area (Å²) < 4.78 is 7.10. The average Bonchev–Trinajstić information content (AvgIpc) is 2.52. The van der Waals surface area contributed by atoms with Gasteiger partial charge in [-0.3, -0.25) is 0 Å². The molecule has 0 fully saturated rings. The summed E-state index contributed by atoms with van der Waals surface area (Å²) in [5, 5.41) is 0.131. The molecule has 0 saturated heterocycles. The molecule has 2 heteroatoms. The van der Waals surface area contributed by atoms with Crippen LogP contribution in [0.25, 0.3) is 0 Å². The minimum absolute atomic E-state index is 0.131. The van der Waals surface area contributed by atoms with Gasteiger partial charge >= 0.3 is 0 Å². The van der Waals surface area contributed by atoms with E-state index in [0.29, 0.717) is 0 Å². The van der Waals surface area contributed by atoms with E-state index in [-0.39, 0.29) is 10.5 Å². The summed E-state index contributed by atoms with van der Waals surface area (Å²) in [4.78, 5) is 0. The van der Waals surface area contributed by atoms with Gasteiger partial charge in [0.1, 0.15) is 5.60 Å². The van der Waals surface area contributed by atoms with Crippen LogP contribution in [0, 0.1) is 29.1 Å². The molecule has 0 N–H and O–H groups in total. The molecule has 0 aromatic rings. The minimum Gasteiger partial charge on any atom is -0.400 e. The summed E-state index contributed by atoms with van der Waals surface area (Å²) in [6.07, 6.45) is 8.16. The molecule has 0 radical (unpaired) electrons. The zero-order valence-corrected chi connectivity index (χ0v) is 19.6. The van der Waals surface area contributed by atoms with Gasteiger partial charge in [-0.05, 0) is 61.9 Å². The number of fused-ring (bicyclic) bond motifs is 2. The third-order valence-corrected chi connectivity index (χ3v) is 11.0. The maximum atomic E-state index is 7.10. The number of hydrogen-bond acceptors (Lipinski definition) is 1. The first-order valence-corrected chi connectivity index (χ1v) is 13.0. The molecule has 2 aliphatic rings. The Morgan fingerprint density at radius 1 is 1.07 bits per heavy atom. The van der Waals surface area contributed by atoms with Crippen LogP contribution in [0.2, 0.25) is 18.1 Å². The van der Waals surface area contributed by atoms with Crippen LogP contribution in [0.5, 0.6) is 0 Å². The summed E-state index contributed by atoms with van der Waals surface area (Å²) in [6, 6.07) is 0. The van der Waals surface area contributed by atoms with Crippen LogP contribution in [0.4, 0.5) is 0 Å². The number of rotatable bonds is 2. The fourth-order valence-corrected chi connectivity index (χ4v) is 4.94. The van der Waals surface area contributed by atoms with Gasteiger partial charge in [-0.1, -0.05) is 77.0 Å². The Hall–Kier alpha value is -1.48. The van der Waals surface area contributed by atoms with Crippen molar-refractivity contribution < 1.29 is 4.43 Å². The van der Waals surface area contributed by atoms with Crippen LogP contribution < -0.4 is 0 Å². The normalized spacial score (nSPS) is 27.5. The smallest absolute Gasteiger partial charge is 0.194 e. The predicted molar refractivity (Wildman–Crippen MR) is 120 cm³/mol. The largest absolute Gasteiger partial charge is 0.400 e. The average molecular weight is 381 g/mol. The first-order chi connectivity index (χ1) is 12.3. The van der Waals surface area contributed by atoms with Crippen molar-refractivity contribution in [1.82, 2.24) is 0 Å². The highest BCUT2D eigenvalue weighted by Gasteiger charge is 2.53. The second-order valence-electron chi connectivity index (χ2n) is 10.0. The van der Waals surface area contributed by atoms with Gasteiger partial charge in [-0.15, -0.1) is 0 Å². The van der Waals surface area contributed by atoms with Crippen molar-refractivity contribution >= 4 is 8.32 Å². The molecule has 0 aromatic carbocycles. The van der Waals surface area contributed by atoms with Crippen molar-refractivity contribution in [2.45, 2.75) is 91.0 Å². The molecule has 1 nitrogen and oxygen atoms in total. The topological polar surface area (TPSA) is 9.23 Å². The monoisotopic (exact) mass is 380 g/mol. The van der Waals surface area contributed by atoms with E-state index < -0.39 is 13.9 Å². The predicted octanol–water partition coefficient (Wildman–Crippen LogP) is 6.80.